The summed E-state index contributed by atoms with van der Waals surface area (Å²) in [5, 5.41) is 3.06. The fraction of sp³-hybridized carbons (Fsp3) is 0.917. The lowest BCUT2D eigenvalue weighted by Gasteiger charge is -2.36. The van der Waals surface area contributed by atoms with Gasteiger partial charge in [-0.1, -0.05) is 6.92 Å². The highest BCUT2D eigenvalue weighted by Gasteiger charge is 2.26. The molecule has 0 saturated carbocycles. The van der Waals surface area contributed by atoms with Crippen LogP contribution in [0.4, 0.5) is 0 Å². The second-order valence-corrected chi connectivity index (χ2v) is 4.98. The zero-order chi connectivity index (χ0) is 12.1. The van der Waals surface area contributed by atoms with Crippen LogP contribution in [-0.4, -0.2) is 62.5 Å². The van der Waals surface area contributed by atoms with E-state index in [1.54, 1.807) is 0 Å². The number of nitrogens with zero attached hydrogens (tertiary/aromatic N) is 2. The molecule has 0 aromatic rings. The lowest BCUT2D eigenvalue weighted by Crippen LogP contribution is -2.47. The van der Waals surface area contributed by atoms with E-state index in [0.717, 1.165) is 32.5 Å². The average molecular weight is 300 g/mol. The van der Waals surface area contributed by atoms with Crippen molar-refractivity contribution >= 4 is 30.7 Å². The first-order valence-electron chi connectivity index (χ1n) is 6.16. The topological polar surface area (TPSA) is 35.6 Å². The number of halogens is 2. The Bertz CT molecular complexity index is 231. The van der Waals surface area contributed by atoms with Gasteiger partial charge in [-0.2, -0.15) is 0 Å². The highest BCUT2D eigenvalue weighted by atomic mass is 35.5. The van der Waals surface area contributed by atoms with E-state index in [-0.39, 0.29) is 30.7 Å². The molecule has 6 heteroatoms. The molecule has 0 aromatic heterocycles. The molecule has 0 aliphatic carbocycles. The second-order valence-electron chi connectivity index (χ2n) is 4.98. The Morgan fingerprint density at radius 3 is 2.22 bits per heavy atom. The summed E-state index contributed by atoms with van der Waals surface area (Å²) in [5.74, 6) is 0.396. The third kappa shape index (κ3) is 5.74. The fourth-order valence-electron chi connectivity index (χ4n) is 2.31. The second kappa shape index (κ2) is 9.84. The number of hydrogen-bond donors (Lipinski definition) is 1. The van der Waals surface area contributed by atoms with Crippen LogP contribution in [0.3, 0.4) is 0 Å². The van der Waals surface area contributed by atoms with Crippen LogP contribution in [0, 0.1) is 5.92 Å². The summed E-state index contributed by atoms with van der Waals surface area (Å²) >= 11 is 0. The Labute approximate surface area is 123 Å². The first-order valence-corrected chi connectivity index (χ1v) is 6.16. The summed E-state index contributed by atoms with van der Waals surface area (Å²) in [4.78, 5) is 16.3. The molecule has 110 valence electrons. The molecule has 0 spiro atoms. The van der Waals surface area contributed by atoms with Crippen LogP contribution in [-0.2, 0) is 4.79 Å². The number of likely N-dealkylation sites (tertiary alicyclic amines) is 1. The lowest BCUT2D eigenvalue weighted by molar-refractivity contribution is -0.136. The van der Waals surface area contributed by atoms with Crippen LogP contribution >= 0.6 is 24.8 Å². The summed E-state index contributed by atoms with van der Waals surface area (Å²) in [6, 6.07) is 0.642. The molecule has 1 atom stereocenters. The van der Waals surface area contributed by atoms with Crippen molar-refractivity contribution in [3.63, 3.8) is 0 Å². The molecule has 1 saturated heterocycles. The number of amides is 1. The number of hydrogen-bond acceptors (Lipinski definition) is 3. The molecule has 1 rings (SSSR count). The van der Waals surface area contributed by atoms with E-state index in [4.69, 9.17) is 0 Å². The molecule has 1 N–H and O–H groups in total. The number of nitrogens with one attached hydrogen (secondary N) is 1. The third-order valence-electron chi connectivity index (χ3n) is 3.44. The molecule has 0 bridgehead atoms. The van der Waals surface area contributed by atoms with Gasteiger partial charge in [0.25, 0.3) is 0 Å². The molecule has 1 aliphatic heterocycles. The summed E-state index contributed by atoms with van der Waals surface area (Å²) in [5.41, 5.74) is 0. The van der Waals surface area contributed by atoms with Crippen molar-refractivity contribution in [2.75, 3.05) is 40.8 Å². The van der Waals surface area contributed by atoms with Crippen LogP contribution in [0.2, 0.25) is 0 Å². The summed E-state index contributed by atoms with van der Waals surface area (Å²) in [6.07, 6.45) is 2.20. The normalized spacial score (nSPS) is 17.9. The largest absolute Gasteiger partial charge is 0.342 e. The van der Waals surface area contributed by atoms with Gasteiger partial charge in [-0.3, -0.25) is 4.79 Å². The highest BCUT2D eigenvalue weighted by molar-refractivity contribution is 5.85. The van der Waals surface area contributed by atoms with Gasteiger partial charge in [0.05, 0.1) is 0 Å². The smallest absolute Gasteiger partial charge is 0.226 e. The maximum atomic E-state index is 12.0. The third-order valence-corrected chi connectivity index (χ3v) is 3.44. The molecule has 0 aromatic carbocycles. The van der Waals surface area contributed by atoms with Gasteiger partial charge in [0.15, 0.2) is 0 Å². The molecular weight excluding hydrogens is 273 g/mol. The van der Waals surface area contributed by atoms with Gasteiger partial charge < -0.3 is 15.1 Å². The van der Waals surface area contributed by atoms with E-state index < -0.39 is 0 Å². The average Bonchev–Trinajstić information content (AvgIpc) is 2.28. The zero-order valence-corrected chi connectivity index (χ0v) is 13.4. The molecule has 1 heterocycles. The Balaban J connectivity index is 0. The first-order chi connectivity index (χ1) is 7.56. The molecule has 1 unspecified atom stereocenters. The van der Waals surface area contributed by atoms with Gasteiger partial charge in [-0.25, -0.2) is 0 Å². The van der Waals surface area contributed by atoms with Gasteiger partial charge in [0.2, 0.25) is 5.91 Å². The molecule has 1 aliphatic rings. The Kier molecular flexibility index (Phi) is 11.1. The molecule has 1 fully saturated rings. The lowest BCUT2D eigenvalue weighted by atomic mass is 10.0. The van der Waals surface area contributed by atoms with Crippen LogP contribution in [0.1, 0.15) is 19.8 Å². The molecule has 1 amide bonds. The van der Waals surface area contributed by atoms with Crippen molar-refractivity contribution in [3.05, 3.63) is 0 Å². The monoisotopic (exact) mass is 299 g/mol. The van der Waals surface area contributed by atoms with Crippen LogP contribution < -0.4 is 5.32 Å². The maximum absolute atomic E-state index is 12.0. The maximum Gasteiger partial charge on any atom is 0.226 e. The Morgan fingerprint density at radius 1 is 1.33 bits per heavy atom. The van der Waals surface area contributed by atoms with Gasteiger partial charge in [-0.15, -0.1) is 24.8 Å². The molecule has 18 heavy (non-hydrogen) atoms. The number of carbonyl (C=O) groups excluding carboxylic acids is 1. The summed E-state index contributed by atoms with van der Waals surface area (Å²) in [7, 11) is 6.12. The predicted octanol–water partition coefficient (Wildman–Crippen LogP) is 1.24. The number of piperidine rings is 1. The van der Waals surface area contributed by atoms with Gasteiger partial charge in [0.1, 0.15) is 0 Å². The Hall–Kier alpha value is -0.0300. The van der Waals surface area contributed by atoms with Gasteiger partial charge in [-0.05, 0) is 34.0 Å². The SMILES string of the molecule is CNCC(C)C(=O)N1CCC(N(C)C)CC1.Cl.Cl. The van der Waals surface area contributed by atoms with E-state index >= 15 is 0 Å². The van der Waals surface area contributed by atoms with E-state index in [1.165, 1.54) is 0 Å². The van der Waals surface area contributed by atoms with Crippen molar-refractivity contribution in [2.45, 2.75) is 25.8 Å². The first kappa shape index (κ1) is 20.3. The summed E-state index contributed by atoms with van der Waals surface area (Å²) < 4.78 is 0. The van der Waals surface area contributed by atoms with Gasteiger partial charge in [0, 0.05) is 31.6 Å². The van der Waals surface area contributed by atoms with E-state index in [0.29, 0.717) is 11.9 Å². The summed E-state index contributed by atoms with van der Waals surface area (Å²) in [6.45, 7) is 4.59. The van der Waals surface area contributed by atoms with Crippen molar-refractivity contribution in [2.24, 2.45) is 5.92 Å². The van der Waals surface area contributed by atoms with Gasteiger partial charge >= 0.3 is 0 Å². The number of carbonyl (C=O) groups is 1. The van der Waals surface area contributed by atoms with E-state index in [1.807, 2.05) is 18.9 Å². The standard InChI is InChI=1S/C12H25N3O.2ClH/c1-10(9-13-2)12(16)15-7-5-11(6-8-15)14(3)4;;/h10-11,13H,5-9H2,1-4H3;2*1H. The van der Waals surface area contributed by atoms with E-state index in [9.17, 15) is 4.79 Å². The quantitative estimate of drug-likeness (QED) is 0.848. The minimum absolute atomic E-state index is 0. The van der Waals surface area contributed by atoms with Crippen LogP contribution in [0.15, 0.2) is 0 Å². The van der Waals surface area contributed by atoms with Crippen LogP contribution in [0.25, 0.3) is 0 Å². The zero-order valence-electron chi connectivity index (χ0n) is 11.8. The van der Waals surface area contributed by atoms with Crippen molar-refractivity contribution in [1.82, 2.24) is 15.1 Å². The van der Waals surface area contributed by atoms with Crippen molar-refractivity contribution in [1.29, 1.82) is 0 Å². The predicted molar refractivity (Wildman–Crippen MR) is 80.9 cm³/mol. The number of rotatable bonds is 4. The van der Waals surface area contributed by atoms with Crippen molar-refractivity contribution in [3.8, 4) is 0 Å². The van der Waals surface area contributed by atoms with E-state index in [2.05, 4.69) is 24.3 Å². The fourth-order valence-corrected chi connectivity index (χ4v) is 2.31. The minimum Gasteiger partial charge on any atom is -0.342 e. The molecule has 4 nitrogen and oxygen atoms in total. The molecular formula is C12H27Cl2N3O. The van der Waals surface area contributed by atoms with Crippen molar-refractivity contribution < 1.29 is 4.79 Å². The highest BCUT2D eigenvalue weighted by Crippen LogP contribution is 2.16. The van der Waals surface area contributed by atoms with Crippen LogP contribution in [0.5, 0.6) is 0 Å². The minimum atomic E-state index is 0. The Morgan fingerprint density at radius 2 is 1.83 bits per heavy atom. The molecule has 0 radical (unpaired) electrons.